The summed E-state index contributed by atoms with van der Waals surface area (Å²) < 4.78 is 34.3. The molecule has 3 saturated carbocycles. The number of hydrogen-bond acceptors (Lipinski definition) is 3. The van der Waals surface area contributed by atoms with Crippen LogP contribution in [-0.4, -0.2) is 41.6 Å². The third-order valence-corrected chi connectivity index (χ3v) is 10.7. The molecule has 184 valence electrons. The van der Waals surface area contributed by atoms with Crippen molar-refractivity contribution in [3.63, 3.8) is 0 Å². The molecule has 32 heavy (non-hydrogen) atoms. The molecule has 3 fully saturated rings. The molecule has 0 aliphatic heterocycles. The van der Waals surface area contributed by atoms with Gasteiger partial charge in [-0.1, -0.05) is 39.3 Å². The molecule has 5 heteroatoms. The summed E-state index contributed by atoms with van der Waals surface area (Å²) >= 11 is 0. The maximum atomic E-state index is 14.0. The number of halogens is 2. The smallest absolute Gasteiger partial charge is 0.270 e. The van der Waals surface area contributed by atoms with Crippen molar-refractivity contribution in [1.82, 2.24) is 0 Å². The van der Waals surface area contributed by atoms with E-state index in [1.54, 1.807) is 0 Å². The van der Waals surface area contributed by atoms with Crippen LogP contribution in [0, 0.1) is 40.4 Å². The minimum Gasteiger partial charge on any atom is -0.390 e. The van der Waals surface area contributed by atoms with Crippen molar-refractivity contribution in [3.05, 3.63) is 11.6 Å². The first-order valence-corrected chi connectivity index (χ1v) is 12.9. The lowest BCUT2D eigenvalue weighted by atomic mass is 9.45. The highest BCUT2D eigenvalue weighted by molar-refractivity contribution is 5.28. The summed E-state index contributed by atoms with van der Waals surface area (Å²) in [6, 6.07) is 0. The average Bonchev–Trinajstić information content (AvgIpc) is 3.10. The van der Waals surface area contributed by atoms with E-state index < -0.39 is 18.1 Å². The van der Waals surface area contributed by atoms with Crippen LogP contribution in [0.25, 0.3) is 0 Å². The zero-order chi connectivity index (χ0) is 23.5. The zero-order valence-corrected chi connectivity index (χ0v) is 20.7. The Labute approximate surface area is 193 Å². The Hall–Kier alpha value is -0.520. The molecule has 4 rings (SSSR count). The number of fused-ring (bicyclic) bond motifs is 5. The van der Waals surface area contributed by atoms with Crippen molar-refractivity contribution < 1.29 is 23.7 Å². The monoisotopic (exact) mass is 454 g/mol. The van der Waals surface area contributed by atoms with Gasteiger partial charge in [0.2, 0.25) is 0 Å². The lowest BCUT2D eigenvalue weighted by molar-refractivity contribution is -0.151. The molecule has 4 aliphatic carbocycles. The van der Waals surface area contributed by atoms with Crippen molar-refractivity contribution in [2.24, 2.45) is 40.4 Å². The average molecular weight is 455 g/mol. The molecule has 0 aromatic carbocycles. The zero-order valence-electron chi connectivity index (χ0n) is 20.7. The van der Waals surface area contributed by atoms with Gasteiger partial charge in [0.15, 0.2) is 0 Å². The molecule has 9 atom stereocenters. The van der Waals surface area contributed by atoms with Crippen LogP contribution < -0.4 is 0 Å². The van der Waals surface area contributed by atoms with Gasteiger partial charge in [-0.05, 0) is 91.8 Å². The van der Waals surface area contributed by atoms with E-state index in [1.165, 1.54) is 5.57 Å². The highest BCUT2D eigenvalue weighted by Gasteiger charge is 2.63. The Morgan fingerprint density at radius 1 is 1.25 bits per heavy atom. The predicted molar refractivity (Wildman–Crippen MR) is 122 cm³/mol. The molecule has 0 aromatic heterocycles. The van der Waals surface area contributed by atoms with Crippen LogP contribution in [0.3, 0.4) is 0 Å². The first kappa shape index (κ1) is 24.6. The van der Waals surface area contributed by atoms with Crippen LogP contribution >= 0.6 is 0 Å². The first-order valence-electron chi connectivity index (χ1n) is 12.9. The lowest BCUT2D eigenvalue weighted by Crippen LogP contribution is -2.58. The van der Waals surface area contributed by atoms with Crippen molar-refractivity contribution in [2.75, 3.05) is 13.7 Å². The molecule has 0 amide bonds. The number of ether oxygens (including phenoxy) is 1. The maximum Gasteiger partial charge on any atom is 0.270 e. The molecule has 0 radical (unpaired) electrons. The number of rotatable bonds is 6. The summed E-state index contributed by atoms with van der Waals surface area (Å²) in [5.41, 5.74) is 0.897. The SMILES string of the molecule is CCC1(O)CCC2(C)C(=CCC3C2C(OC)CC2(C)C(C(C)CC(F)(F)CO)CCC32)C1. The Bertz CT molecular complexity index is 738. The first-order chi connectivity index (χ1) is 14.9. The van der Waals surface area contributed by atoms with E-state index in [4.69, 9.17) is 9.84 Å². The number of aliphatic hydroxyl groups is 2. The van der Waals surface area contributed by atoms with Crippen LogP contribution in [0.15, 0.2) is 11.6 Å². The van der Waals surface area contributed by atoms with Crippen LogP contribution in [0.5, 0.6) is 0 Å². The van der Waals surface area contributed by atoms with Gasteiger partial charge in [0.25, 0.3) is 5.92 Å². The second-order valence-electron chi connectivity index (χ2n) is 12.3. The fourth-order valence-electron chi connectivity index (χ4n) is 8.99. The quantitative estimate of drug-likeness (QED) is 0.485. The van der Waals surface area contributed by atoms with Crippen LogP contribution in [-0.2, 0) is 4.74 Å². The van der Waals surface area contributed by atoms with E-state index >= 15 is 0 Å². The van der Waals surface area contributed by atoms with Gasteiger partial charge in [-0.2, -0.15) is 0 Å². The molecule has 4 aliphatic rings. The van der Waals surface area contributed by atoms with Crippen LogP contribution in [0.4, 0.5) is 8.78 Å². The number of allylic oxidation sites excluding steroid dienone is 1. The number of aliphatic hydroxyl groups excluding tert-OH is 1. The minimum atomic E-state index is -3.00. The summed E-state index contributed by atoms with van der Waals surface area (Å²) in [7, 11) is 1.82. The molecule has 9 unspecified atom stereocenters. The molecule has 0 heterocycles. The predicted octanol–water partition coefficient (Wildman–Crippen LogP) is 5.99. The molecule has 3 nitrogen and oxygen atoms in total. The second-order valence-corrected chi connectivity index (χ2v) is 12.3. The van der Waals surface area contributed by atoms with Crippen LogP contribution in [0.1, 0.15) is 85.5 Å². The Morgan fingerprint density at radius 2 is 1.97 bits per heavy atom. The van der Waals surface area contributed by atoms with E-state index in [-0.39, 0.29) is 35.2 Å². The molecule has 2 N–H and O–H groups in total. The summed E-state index contributed by atoms with van der Waals surface area (Å²) in [5.74, 6) is -1.43. The summed E-state index contributed by atoms with van der Waals surface area (Å²) in [6.45, 7) is 7.72. The van der Waals surface area contributed by atoms with Gasteiger partial charge in [-0.15, -0.1) is 0 Å². The third kappa shape index (κ3) is 3.79. The van der Waals surface area contributed by atoms with Gasteiger partial charge in [-0.25, -0.2) is 8.78 Å². The molecule has 0 aromatic rings. The molecular weight excluding hydrogens is 410 g/mol. The standard InChI is InChI=1S/C27H44F2O3/c1-6-26(31)12-11-24(3)18(14-26)7-8-19-21-10-9-20(17(2)13-27(28,29)16-30)25(21,4)15-22(32-5)23(19)24/h7,17,19-23,30-31H,6,8-16H2,1-5H3. The molecular formula is C27H44F2O3. The van der Waals surface area contributed by atoms with E-state index in [2.05, 4.69) is 26.8 Å². The van der Waals surface area contributed by atoms with Gasteiger partial charge in [-0.3, -0.25) is 0 Å². The van der Waals surface area contributed by atoms with Gasteiger partial charge in [0.1, 0.15) is 6.61 Å². The number of methoxy groups -OCH3 is 1. The molecule has 0 bridgehead atoms. The van der Waals surface area contributed by atoms with Crippen molar-refractivity contribution in [1.29, 1.82) is 0 Å². The van der Waals surface area contributed by atoms with Crippen LogP contribution in [0.2, 0.25) is 0 Å². The molecule has 0 spiro atoms. The van der Waals surface area contributed by atoms with Crippen molar-refractivity contribution >= 4 is 0 Å². The largest absolute Gasteiger partial charge is 0.390 e. The summed E-state index contributed by atoms with van der Waals surface area (Å²) in [5, 5.41) is 20.1. The van der Waals surface area contributed by atoms with Crippen molar-refractivity contribution in [2.45, 2.75) is 103 Å². The topological polar surface area (TPSA) is 49.7 Å². The Balaban J connectivity index is 1.63. The van der Waals surface area contributed by atoms with E-state index in [1.807, 2.05) is 14.0 Å². The number of hydrogen-bond donors (Lipinski definition) is 2. The lowest BCUT2D eigenvalue weighted by Gasteiger charge is -2.61. The van der Waals surface area contributed by atoms with E-state index in [0.717, 1.165) is 51.4 Å². The van der Waals surface area contributed by atoms with Crippen molar-refractivity contribution in [3.8, 4) is 0 Å². The maximum absolute atomic E-state index is 14.0. The highest BCUT2D eigenvalue weighted by Crippen LogP contribution is 2.68. The number of alkyl halides is 2. The third-order valence-electron chi connectivity index (χ3n) is 10.7. The summed E-state index contributed by atoms with van der Waals surface area (Å²) in [6.07, 6.45) is 9.76. The van der Waals surface area contributed by atoms with Gasteiger partial charge in [0.05, 0.1) is 11.7 Å². The molecule has 0 saturated heterocycles. The second kappa shape index (κ2) is 8.30. The van der Waals surface area contributed by atoms with Gasteiger partial charge in [0, 0.05) is 13.5 Å². The van der Waals surface area contributed by atoms with Gasteiger partial charge >= 0.3 is 0 Å². The normalized spacial score (nSPS) is 47.3. The fraction of sp³-hybridized carbons (Fsp3) is 0.926. The van der Waals surface area contributed by atoms with Gasteiger partial charge < -0.3 is 14.9 Å². The fourth-order valence-corrected chi connectivity index (χ4v) is 8.99. The Morgan fingerprint density at radius 3 is 2.59 bits per heavy atom. The minimum absolute atomic E-state index is 0.00663. The van der Waals surface area contributed by atoms with E-state index in [0.29, 0.717) is 17.8 Å². The Kier molecular flexibility index (Phi) is 6.38. The highest BCUT2D eigenvalue weighted by atomic mass is 19.3. The summed E-state index contributed by atoms with van der Waals surface area (Å²) in [4.78, 5) is 0. The van der Waals surface area contributed by atoms with E-state index in [9.17, 15) is 13.9 Å².